The first-order valence-electron chi connectivity index (χ1n) is 7.22. The molecule has 23 heavy (non-hydrogen) atoms. The van der Waals surface area contributed by atoms with Gasteiger partial charge in [-0.2, -0.15) is 5.10 Å². The van der Waals surface area contributed by atoms with Gasteiger partial charge in [-0.25, -0.2) is 14.5 Å². The lowest BCUT2D eigenvalue weighted by molar-refractivity contribution is -0.193. The van der Waals surface area contributed by atoms with Gasteiger partial charge in [0, 0.05) is 10.6 Å². The number of hydrogen-bond donors (Lipinski definition) is 0. The maximum atomic E-state index is 12.2. The largest absolute Gasteiger partial charge is 0.424 e. The van der Waals surface area contributed by atoms with Crippen LogP contribution in [0.2, 0.25) is 10.0 Å². The van der Waals surface area contributed by atoms with Crippen LogP contribution in [-0.4, -0.2) is 26.8 Å². The molecule has 0 saturated carbocycles. The highest BCUT2D eigenvalue weighted by molar-refractivity contribution is 6.35. The normalized spacial score (nSPS) is 24.0. The summed E-state index contributed by atoms with van der Waals surface area (Å²) >= 11 is 12.3. The van der Waals surface area contributed by atoms with Crippen LogP contribution in [0.15, 0.2) is 30.9 Å². The number of nitrogens with zero attached hydrogens (tertiary/aromatic N) is 3. The summed E-state index contributed by atoms with van der Waals surface area (Å²) in [5.41, 5.74) is 0.533. The summed E-state index contributed by atoms with van der Waals surface area (Å²) in [6.45, 7) is 2.13. The first-order chi connectivity index (χ1) is 11.0. The van der Waals surface area contributed by atoms with Crippen molar-refractivity contribution in [3.63, 3.8) is 0 Å². The fourth-order valence-electron chi connectivity index (χ4n) is 2.57. The van der Waals surface area contributed by atoms with Crippen molar-refractivity contribution in [1.29, 1.82) is 0 Å². The van der Waals surface area contributed by atoms with E-state index in [4.69, 9.17) is 32.7 Å². The third kappa shape index (κ3) is 3.20. The van der Waals surface area contributed by atoms with Crippen LogP contribution in [0.3, 0.4) is 0 Å². The van der Waals surface area contributed by atoms with Crippen LogP contribution in [0, 0.1) is 0 Å². The van der Waals surface area contributed by atoms with Crippen molar-refractivity contribution in [3.05, 3.63) is 46.5 Å². The van der Waals surface area contributed by atoms with E-state index in [1.165, 1.54) is 17.3 Å². The van der Waals surface area contributed by atoms with Gasteiger partial charge in [-0.15, -0.1) is 0 Å². The summed E-state index contributed by atoms with van der Waals surface area (Å²) in [6, 6.07) is 4.96. The molecule has 2 unspecified atom stereocenters. The lowest BCUT2D eigenvalue weighted by Crippen LogP contribution is -2.34. The monoisotopic (exact) mass is 355 g/mol. The summed E-state index contributed by atoms with van der Waals surface area (Å²) in [5.74, 6) is -1.75. The Bertz CT molecular complexity index is 708. The second kappa shape index (κ2) is 6.47. The van der Waals surface area contributed by atoms with Crippen LogP contribution < -0.4 is 0 Å². The van der Waals surface area contributed by atoms with Gasteiger partial charge in [-0.3, -0.25) is 0 Å². The van der Waals surface area contributed by atoms with Gasteiger partial charge in [-0.05, 0) is 24.6 Å². The molecule has 0 aliphatic carbocycles. The van der Waals surface area contributed by atoms with Gasteiger partial charge in [0.1, 0.15) is 19.2 Å². The Kier molecular flexibility index (Phi) is 4.57. The molecule has 2 atom stereocenters. The standard InChI is InChI=1S/C15H15Cl2N3O3/c1-2-3-13-14(21)23-15(22-13,7-20-9-18-8-19-20)11-5-4-10(16)6-12(11)17/h4-6,8-9,13H,2-3,7H2,1H3. The highest BCUT2D eigenvalue weighted by Gasteiger charge is 2.50. The van der Waals surface area contributed by atoms with E-state index in [-0.39, 0.29) is 6.54 Å². The molecule has 3 rings (SSSR count). The van der Waals surface area contributed by atoms with Crippen LogP contribution in [0.1, 0.15) is 25.3 Å². The van der Waals surface area contributed by atoms with Crippen molar-refractivity contribution in [2.45, 2.75) is 38.2 Å². The molecule has 0 amide bonds. The van der Waals surface area contributed by atoms with Gasteiger partial charge >= 0.3 is 5.97 Å². The Morgan fingerprint density at radius 2 is 2.22 bits per heavy atom. The van der Waals surface area contributed by atoms with Crippen molar-refractivity contribution in [2.75, 3.05) is 0 Å². The second-order valence-corrected chi connectivity index (χ2v) is 6.13. The van der Waals surface area contributed by atoms with E-state index in [1.54, 1.807) is 18.2 Å². The van der Waals surface area contributed by atoms with Gasteiger partial charge in [0.25, 0.3) is 5.79 Å². The molecule has 2 aromatic rings. The highest BCUT2D eigenvalue weighted by Crippen LogP contribution is 2.41. The van der Waals surface area contributed by atoms with Crippen molar-refractivity contribution in [2.24, 2.45) is 0 Å². The molecule has 1 aromatic heterocycles. The van der Waals surface area contributed by atoms with Gasteiger partial charge in [-0.1, -0.05) is 36.5 Å². The first kappa shape index (κ1) is 16.2. The molecule has 0 N–H and O–H groups in total. The SMILES string of the molecule is CCCC1OC(Cn2cncn2)(c2ccc(Cl)cc2Cl)OC1=O. The highest BCUT2D eigenvalue weighted by atomic mass is 35.5. The predicted octanol–water partition coefficient (Wildman–Crippen LogP) is 3.18. The molecule has 1 fully saturated rings. The smallest absolute Gasteiger partial charge is 0.338 e. The molecule has 122 valence electrons. The summed E-state index contributed by atoms with van der Waals surface area (Å²) in [6.07, 6.45) is 3.67. The summed E-state index contributed by atoms with van der Waals surface area (Å²) in [4.78, 5) is 16.1. The van der Waals surface area contributed by atoms with Gasteiger partial charge in [0.2, 0.25) is 0 Å². The fraction of sp³-hybridized carbons (Fsp3) is 0.400. The van der Waals surface area contributed by atoms with E-state index in [0.29, 0.717) is 22.0 Å². The van der Waals surface area contributed by atoms with E-state index in [2.05, 4.69) is 10.1 Å². The van der Waals surface area contributed by atoms with E-state index >= 15 is 0 Å². The molecule has 1 saturated heterocycles. The Morgan fingerprint density at radius 1 is 1.39 bits per heavy atom. The average molecular weight is 356 g/mol. The Labute approximate surface area is 143 Å². The predicted molar refractivity (Wildman–Crippen MR) is 84.0 cm³/mol. The number of benzene rings is 1. The zero-order chi connectivity index (χ0) is 16.4. The Hall–Kier alpha value is -1.63. The molecule has 1 aromatic carbocycles. The van der Waals surface area contributed by atoms with Crippen LogP contribution in [-0.2, 0) is 26.6 Å². The maximum absolute atomic E-state index is 12.2. The van der Waals surface area contributed by atoms with E-state index in [0.717, 1.165) is 6.42 Å². The summed E-state index contributed by atoms with van der Waals surface area (Å²) in [7, 11) is 0. The molecular weight excluding hydrogens is 341 g/mol. The quantitative estimate of drug-likeness (QED) is 0.770. The van der Waals surface area contributed by atoms with Crippen LogP contribution in [0.25, 0.3) is 0 Å². The Balaban J connectivity index is 2.02. The number of aromatic nitrogens is 3. The van der Waals surface area contributed by atoms with Gasteiger partial charge < -0.3 is 9.47 Å². The minimum absolute atomic E-state index is 0.153. The van der Waals surface area contributed by atoms with Crippen LogP contribution >= 0.6 is 23.2 Å². The number of halogens is 2. The van der Waals surface area contributed by atoms with Crippen LogP contribution in [0.5, 0.6) is 0 Å². The summed E-state index contributed by atoms with van der Waals surface area (Å²) in [5, 5.41) is 4.91. The molecule has 8 heteroatoms. The molecule has 0 bridgehead atoms. The second-order valence-electron chi connectivity index (χ2n) is 5.29. The van der Waals surface area contributed by atoms with E-state index in [1.807, 2.05) is 6.92 Å². The van der Waals surface area contributed by atoms with Crippen molar-refractivity contribution in [3.8, 4) is 0 Å². The maximum Gasteiger partial charge on any atom is 0.338 e. The number of carbonyl (C=O) groups excluding carboxylic acids is 1. The fourth-order valence-corrected chi connectivity index (χ4v) is 3.12. The van der Waals surface area contributed by atoms with Crippen molar-refractivity contribution >= 4 is 29.2 Å². The third-order valence-corrected chi connectivity index (χ3v) is 4.14. The molecule has 1 aliphatic heterocycles. The molecule has 0 radical (unpaired) electrons. The number of esters is 1. The number of carbonyl (C=O) groups is 1. The molecule has 0 spiro atoms. The molecule has 2 heterocycles. The minimum atomic E-state index is -1.34. The number of rotatable bonds is 5. The Morgan fingerprint density at radius 3 is 2.87 bits per heavy atom. The van der Waals surface area contributed by atoms with Crippen molar-refractivity contribution in [1.82, 2.24) is 14.8 Å². The summed E-state index contributed by atoms with van der Waals surface area (Å²) < 4.78 is 13.1. The number of cyclic esters (lactones) is 1. The third-order valence-electron chi connectivity index (χ3n) is 3.59. The van der Waals surface area contributed by atoms with E-state index < -0.39 is 17.9 Å². The van der Waals surface area contributed by atoms with Crippen LogP contribution in [0.4, 0.5) is 0 Å². The van der Waals surface area contributed by atoms with E-state index in [9.17, 15) is 4.79 Å². The number of ether oxygens (including phenoxy) is 2. The zero-order valence-corrected chi connectivity index (χ0v) is 13.9. The lowest BCUT2D eigenvalue weighted by Gasteiger charge is -2.28. The van der Waals surface area contributed by atoms with Crippen molar-refractivity contribution < 1.29 is 14.3 Å². The van der Waals surface area contributed by atoms with Gasteiger partial charge in [0.15, 0.2) is 6.10 Å². The molecule has 1 aliphatic rings. The average Bonchev–Trinajstić information content (AvgIpc) is 3.09. The topological polar surface area (TPSA) is 66.2 Å². The lowest BCUT2D eigenvalue weighted by atomic mass is 10.1. The minimum Gasteiger partial charge on any atom is -0.424 e. The molecular formula is C15H15Cl2N3O3. The van der Waals surface area contributed by atoms with Gasteiger partial charge in [0.05, 0.1) is 5.02 Å². The molecule has 6 nitrogen and oxygen atoms in total. The first-order valence-corrected chi connectivity index (χ1v) is 7.98. The zero-order valence-electron chi connectivity index (χ0n) is 12.4. The number of hydrogen-bond acceptors (Lipinski definition) is 5.